The predicted molar refractivity (Wildman–Crippen MR) is 69.9 cm³/mol. The van der Waals surface area contributed by atoms with E-state index in [1.807, 2.05) is 30.3 Å². The van der Waals surface area contributed by atoms with E-state index in [1.165, 1.54) is 0 Å². The van der Waals surface area contributed by atoms with Gasteiger partial charge in [-0.3, -0.25) is 4.79 Å². The van der Waals surface area contributed by atoms with Gasteiger partial charge in [0, 0.05) is 13.2 Å². The predicted octanol–water partition coefficient (Wildman–Crippen LogP) is 1.12. The minimum absolute atomic E-state index is 0.202. The number of hydrogen-bond donors (Lipinski definition) is 1. The van der Waals surface area contributed by atoms with E-state index in [1.54, 1.807) is 0 Å². The molecule has 1 fully saturated rings. The molecule has 0 aromatic heterocycles. The molecule has 1 aromatic carbocycles. The topological polar surface area (TPSA) is 70.8 Å². The molecule has 0 atom stereocenters. The number of hydrogen-bond acceptors (Lipinski definition) is 5. The van der Waals surface area contributed by atoms with Crippen molar-refractivity contribution in [1.29, 1.82) is 0 Å². The van der Waals surface area contributed by atoms with E-state index in [2.05, 4.69) is 0 Å². The molecule has 0 amide bonds. The van der Waals surface area contributed by atoms with Crippen molar-refractivity contribution in [3.05, 3.63) is 30.3 Å². The average molecular weight is 265 g/mol. The van der Waals surface area contributed by atoms with Crippen molar-refractivity contribution in [2.45, 2.75) is 18.4 Å². The molecule has 2 rings (SSSR count). The highest BCUT2D eigenvalue weighted by Crippen LogP contribution is 2.19. The molecular formula is C14H19NO4. The molecule has 104 valence electrons. The molecule has 0 aliphatic carbocycles. The molecule has 1 saturated heterocycles. The third-order valence-electron chi connectivity index (χ3n) is 3.12. The van der Waals surface area contributed by atoms with Crippen LogP contribution in [0.5, 0.6) is 5.75 Å². The van der Waals surface area contributed by atoms with Gasteiger partial charge >= 0.3 is 5.97 Å². The molecule has 1 aliphatic rings. The van der Waals surface area contributed by atoms with Gasteiger partial charge in [-0.05, 0) is 25.0 Å². The van der Waals surface area contributed by atoms with Gasteiger partial charge in [-0.25, -0.2) is 0 Å². The van der Waals surface area contributed by atoms with Crippen LogP contribution in [-0.4, -0.2) is 37.9 Å². The summed E-state index contributed by atoms with van der Waals surface area (Å²) in [5, 5.41) is 0. The number of ether oxygens (including phenoxy) is 3. The second kappa shape index (κ2) is 6.54. The van der Waals surface area contributed by atoms with Gasteiger partial charge in [0.05, 0.1) is 0 Å². The van der Waals surface area contributed by atoms with Gasteiger partial charge in [-0.1, -0.05) is 18.2 Å². The molecule has 2 N–H and O–H groups in total. The Bertz CT molecular complexity index is 401. The van der Waals surface area contributed by atoms with Crippen molar-refractivity contribution in [3.63, 3.8) is 0 Å². The third kappa shape index (κ3) is 3.94. The maximum atomic E-state index is 11.9. The van der Waals surface area contributed by atoms with Gasteiger partial charge in [0.15, 0.2) is 0 Å². The van der Waals surface area contributed by atoms with Crippen molar-refractivity contribution in [2.75, 3.05) is 26.4 Å². The Morgan fingerprint density at radius 2 is 1.89 bits per heavy atom. The van der Waals surface area contributed by atoms with Crippen LogP contribution in [0.25, 0.3) is 0 Å². The van der Waals surface area contributed by atoms with Gasteiger partial charge in [-0.2, -0.15) is 0 Å². The fraction of sp³-hybridized carbons (Fsp3) is 0.500. The number of nitrogens with two attached hydrogens (primary N) is 1. The van der Waals surface area contributed by atoms with Crippen LogP contribution in [0.4, 0.5) is 0 Å². The monoisotopic (exact) mass is 265 g/mol. The van der Waals surface area contributed by atoms with E-state index in [0.29, 0.717) is 32.7 Å². The Labute approximate surface area is 112 Å². The molecule has 0 unspecified atom stereocenters. The Morgan fingerprint density at radius 3 is 2.58 bits per heavy atom. The summed E-state index contributed by atoms with van der Waals surface area (Å²) < 4.78 is 15.8. The van der Waals surface area contributed by atoms with Crippen molar-refractivity contribution in [2.24, 2.45) is 5.73 Å². The Kier molecular flexibility index (Phi) is 4.76. The number of para-hydroxylation sites is 1. The zero-order valence-electron chi connectivity index (χ0n) is 10.8. The van der Waals surface area contributed by atoms with Crippen molar-refractivity contribution < 1.29 is 19.0 Å². The number of benzene rings is 1. The Balaban J connectivity index is 1.69. The largest absolute Gasteiger partial charge is 0.490 e. The Hall–Kier alpha value is -1.59. The summed E-state index contributed by atoms with van der Waals surface area (Å²) in [5.74, 6) is 0.388. The maximum absolute atomic E-state index is 11.9. The molecular weight excluding hydrogens is 246 g/mol. The summed E-state index contributed by atoms with van der Waals surface area (Å²) in [7, 11) is 0. The van der Waals surface area contributed by atoms with Crippen LogP contribution in [0.15, 0.2) is 30.3 Å². The molecule has 0 saturated carbocycles. The Morgan fingerprint density at radius 1 is 1.21 bits per heavy atom. The normalized spacial score (nSPS) is 17.7. The summed E-state index contributed by atoms with van der Waals surface area (Å²) in [6.07, 6.45) is 1.01. The van der Waals surface area contributed by atoms with E-state index in [-0.39, 0.29) is 12.6 Å². The van der Waals surface area contributed by atoms with Gasteiger partial charge in [0.1, 0.15) is 24.5 Å². The van der Waals surface area contributed by atoms with Crippen LogP contribution in [0.1, 0.15) is 12.8 Å². The van der Waals surface area contributed by atoms with Gasteiger partial charge in [0.2, 0.25) is 0 Å². The molecule has 5 nitrogen and oxygen atoms in total. The van der Waals surface area contributed by atoms with Crippen LogP contribution in [0.3, 0.4) is 0 Å². The number of carbonyl (C=O) groups is 1. The van der Waals surface area contributed by atoms with Gasteiger partial charge < -0.3 is 19.9 Å². The smallest absolute Gasteiger partial charge is 0.326 e. The maximum Gasteiger partial charge on any atom is 0.326 e. The average Bonchev–Trinajstić information content (AvgIpc) is 2.45. The fourth-order valence-corrected chi connectivity index (χ4v) is 1.89. The highest BCUT2D eigenvalue weighted by Gasteiger charge is 2.37. The molecule has 1 aliphatic heterocycles. The highest BCUT2D eigenvalue weighted by atomic mass is 16.6. The molecule has 0 radical (unpaired) electrons. The lowest BCUT2D eigenvalue weighted by atomic mass is 9.92. The zero-order valence-corrected chi connectivity index (χ0v) is 10.8. The highest BCUT2D eigenvalue weighted by molar-refractivity contribution is 5.80. The quantitative estimate of drug-likeness (QED) is 0.638. The number of esters is 1. The fourth-order valence-electron chi connectivity index (χ4n) is 1.89. The molecule has 0 spiro atoms. The molecule has 5 heteroatoms. The zero-order chi connectivity index (χ0) is 13.6. The SMILES string of the molecule is NC1(C(=O)OCCOc2ccccc2)CCOCC1. The first-order valence-electron chi connectivity index (χ1n) is 6.42. The van der Waals surface area contributed by atoms with Crippen molar-refractivity contribution >= 4 is 5.97 Å². The molecule has 0 bridgehead atoms. The van der Waals surface area contributed by atoms with Gasteiger partial charge in [0.25, 0.3) is 0 Å². The van der Waals surface area contributed by atoms with Gasteiger partial charge in [-0.15, -0.1) is 0 Å². The second-order valence-corrected chi connectivity index (χ2v) is 4.57. The van der Waals surface area contributed by atoms with Crippen LogP contribution < -0.4 is 10.5 Å². The summed E-state index contributed by atoms with van der Waals surface area (Å²) >= 11 is 0. The minimum atomic E-state index is -0.898. The molecule has 1 aromatic rings. The lowest BCUT2D eigenvalue weighted by Crippen LogP contribution is -2.53. The lowest BCUT2D eigenvalue weighted by Gasteiger charge is -2.30. The summed E-state index contributed by atoms with van der Waals surface area (Å²) in [4.78, 5) is 11.9. The van der Waals surface area contributed by atoms with E-state index in [0.717, 1.165) is 5.75 Å². The summed E-state index contributed by atoms with van der Waals surface area (Å²) in [5.41, 5.74) is 5.10. The lowest BCUT2D eigenvalue weighted by molar-refractivity contribution is -0.154. The third-order valence-corrected chi connectivity index (χ3v) is 3.12. The molecule has 19 heavy (non-hydrogen) atoms. The van der Waals surface area contributed by atoms with Crippen LogP contribution >= 0.6 is 0 Å². The minimum Gasteiger partial charge on any atom is -0.490 e. The van der Waals surface area contributed by atoms with E-state index in [4.69, 9.17) is 19.9 Å². The van der Waals surface area contributed by atoms with Crippen LogP contribution in [-0.2, 0) is 14.3 Å². The molecule has 1 heterocycles. The first kappa shape index (κ1) is 13.8. The standard InChI is InChI=1S/C14H19NO4/c15-14(6-8-17-9-7-14)13(16)19-11-10-18-12-4-2-1-3-5-12/h1-5H,6-11,15H2. The first-order chi connectivity index (χ1) is 9.21. The first-order valence-corrected chi connectivity index (χ1v) is 6.42. The van der Waals surface area contributed by atoms with E-state index >= 15 is 0 Å². The number of rotatable bonds is 5. The summed E-state index contributed by atoms with van der Waals surface area (Å²) in [6.45, 7) is 1.54. The van der Waals surface area contributed by atoms with E-state index < -0.39 is 5.54 Å². The number of carbonyl (C=O) groups excluding carboxylic acids is 1. The van der Waals surface area contributed by atoms with Crippen LogP contribution in [0.2, 0.25) is 0 Å². The van der Waals surface area contributed by atoms with Crippen molar-refractivity contribution in [1.82, 2.24) is 0 Å². The second-order valence-electron chi connectivity index (χ2n) is 4.57. The van der Waals surface area contributed by atoms with Crippen molar-refractivity contribution in [3.8, 4) is 5.75 Å². The van der Waals surface area contributed by atoms with Crippen LogP contribution in [0, 0.1) is 0 Å². The summed E-state index contributed by atoms with van der Waals surface area (Å²) in [6, 6.07) is 9.39. The van der Waals surface area contributed by atoms with E-state index in [9.17, 15) is 4.79 Å².